The van der Waals surface area contributed by atoms with Crippen LogP contribution in [0.3, 0.4) is 0 Å². The number of fused-ring (bicyclic) bond motifs is 1. The van der Waals surface area contributed by atoms with Crippen molar-refractivity contribution in [2.75, 3.05) is 30.9 Å². The molecule has 1 fully saturated rings. The Bertz CT molecular complexity index is 1300. The number of aryl methyl sites for hydroxylation is 1. The fraction of sp³-hybridized carbons (Fsp3) is 0.409. The van der Waals surface area contributed by atoms with Gasteiger partial charge in [0.15, 0.2) is 0 Å². The smallest absolute Gasteiger partial charge is 0.264 e. The number of aliphatic hydroxyl groups is 1. The minimum Gasteiger partial charge on any atom is -0.396 e. The molecule has 2 aromatic heterocycles. The van der Waals surface area contributed by atoms with Crippen LogP contribution in [0.1, 0.15) is 24.9 Å². The van der Waals surface area contributed by atoms with Crippen molar-refractivity contribution in [1.29, 1.82) is 0 Å². The molecule has 0 saturated carbocycles. The lowest BCUT2D eigenvalue weighted by atomic mass is 10.0. The molecule has 2 N–H and O–H groups in total. The minimum absolute atomic E-state index is 0.103. The Labute approximate surface area is 186 Å². The maximum atomic E-state index is 12.9. The fourth-order valence-electron chi connectivity index (χ4n) is 4.09. The van der Waals surface area contributed by atoms with Gasteiger partial charge in [-0.05, 0) is 25.0 Å². The van der Waals surface area contributed by atoms with Gasteiger partial charge >= 0.3 is 0 Å². The number of hydrogen-bond donors (Lipinski definition) is 2. The van der Waals surface area contributed by atoms with Crippen LogP contribution in [0.2, 0.25) is 0 Å². The number of aromatic nitrogens is 3. The molecule has 1 aromatic carbocycles. The Morgan fingerprint density at radius 3 is 2.62 bits per heavy atom. The van der Waals surface area contributed by atoms with E-state index in [9.17, 15) is 18.3 Å². The van der Waals surface area contributed by atoms with Gasteiger partial charge in [-0.25, -0.2) is 23.1 Å². The van der Waals surface area contributed by atoms with E-state index in [1.807, 2.05) is 29.2 Å². The van der Waals surface area contributed by atoms with Crippen molar-refractivity contribution in [2.24, 2.45) is 13.0 Å². The second-order valence-electron chi connectivity index (χ2n) is 8.40. The van der Waals surface area contributed by atoms with E-state index in [-0.39, 0.29) is 24.1 Å². The Hall–Kier alpha value is -2.82. The standard InChI is InChI=1S/C22H27N5O4S/c1-14(25-32(3,30)31)16-4-6-17(7-5-16)18-10-19-20(22(29)26(2)13-23-19)21(24-18)27-9-8-15(11-27)12-28/h4-7,10,13-15,25,28H,8-9,11-12H2,1-3H3/t14-,15-/m0/s1. The highest BCUT2D eigenvalue weighted by Gasteiger charge is 2.26. The van der Waals surface area contributed by atoms with Gasteiger partial charge in [-0.3, -0.25) is 4.79 Å². The molecule has 0 unspecified atom stereocenters. The summed E-state index contributed by atoms with van der Waals surface area (Å²) in [7, 11) is -1.65. The first kappa shape index (κ1) is 22.4. The molecule has 3 aromatic rings. The molecule has 170 valence electrons. The van der Waals surface area contributed by atoms with Crippen LogP contribution in [0.5, 0.6) is 0 Å². The third-order valence-electron chi connectivity index (χ3n) is 5.82. The second-order valence-corrected chi connectivity index (χ2v) is 10.2. The molecule has 2 atom stereocenters. The zero-order valence-electron chi connectivity index (χ0n) is 18.3. The molecular weight excluding hydrogens is 430 g/mol. The molecule has 32 heavy (non-hydrogen) atoms. The van der Waals surface area contributed by atoms with Crippen molar-refractivity contribution in [1.82, 2.24) is 19.3 Å². The summed E-state index contributed by atoms with van der Waals surface area (Å²) in [5.41, 5.74) is 2.75. The molecule has 4 rings (SSSR count). The van der Waals surface area contributed by atoms with Gasteiger partial charge in [0, 0.05) is 44.3 Å². The van der Waals surface area contributed by atoms with Crippen molar-refractivity contribution in [2.45, 2.75) is 19.4 Å². The van der Waals surface area contributed by atoms with Crippen molar-refractivity contribution in [3.05, 3.63) is 52.6 Å². The maximum absolute atomic E-state index is 12.9. The summed E-state index contributed by atoms with van der Waals surface area (Å²) in [5, 5.41) is 10.0. The van der Waals surface area contributed by atoms with Crippen LogP contribution in [0.25, 0.3) is 22.2 Å². The van der Waals surface area contributed by atoms with Crippen LogP contribution in [0.4, 0.5) is 5.82 Å². The summed E-state index contributed by atoms with van der Waals surface area (Å²) in [6.45, 7) is 3.23. The normalized spacial score (nSPS) is 17.8. The molecule has 1 aliphatic heterocycles. The van der Waals surface area contributed by atoms with Crippen molar-refractivity contribution in [3.63, 3.8) is 0 Å². The molecule has 0 amide bonds. The molecular formula is C22H27N5O4S. The van der Waals surface area contributed by atoms with E-state index in [2.05, 4.69) is 9.71 Å². The van der Waals surface area contributed by atoms with E-state index < -0.39 is 10.0 Å². The number of nitrogens with one attached hydrogen (secondary N) is 1. The van der Waals surface area contributed by atoms with Gasteiger partial charge in [0.1, 0.15) is 11.2 Å². The fourth-order valence-corrected chi connectivity index (χ4v) is 4.86. The van der Waals surface area contributed by atoms with Gasteiger partial charge < -0.3 is 14.6 Å². The topological polar surface area (TPSA) is 117 Å². The second kappa shape index (κ2) is 8.61. The molecule has 3 heterocycles. The Kier molecular flexibility index (Phi) is 6.02. The molecule has 0 spiro atoms. The van der Waals surface area contributed by atoms with Crippen molar-refractivity contribution in [3.8, 4) is 11.3 Å². The molecule has 0 radical (unpaired) electrons. The molecule has 1 saturated heterocycles. The summed E-state index contributed by atoms with van der Waals surface area (Å²) < 4.78 is 27.0. The highest BCUT2D eigenvalue weighted by Crippen LogP contribution is 2.31. The maximum Gasteiger partial charge on any atom is 0.264 e. The van der Waals surface area contributed by atoms with E-state index in [4.69, 9.17) is 4.98 Å². The lowest BCUT2D eigenvalue weighted by molar-refractivity contribution is 0.238. The van der Waals surface area contributed by atoms with Crippen molar-refractivity contribution < 1.29 is 13.5 Å². The summed E-state index contributed by atoms with van der Waals surface area (Å²) in [5.74, 6) is 0.734. The third-order valence-corrected chi connectivity index (χ3v) is 6.61. The number of nitrogens with zero attached hydrogens (tertiary/aromatic N) is 4. The van der Waals surface area contributed by atoms with Crippen LogP contribution in [-0.2, 0) is 17.1 Å². The highest BCUT2D eigenvalue weighted by molar-refractivity contribution is 7.88. The van der Waals surface area contributed by atoms with Crippen LogP contribution < -0.4 is 15.2 Å². The summed E-state index contributed by atoms with van der Waals surface area (Å²) >= 11 is 0. The van der Waals surface area contributed by atoms with Gasteiger partial charge in [0.25, 0.3) is 5.56 Å². The average molecular weight is 458 g/mol. The first-order valence-electron chi connectivity index (χ1n) is 10.5. The zero-order chi connectivity index (χ0) is 23.0. The minimum atomic E-state index is -3.31. The number of pyridine rings is 1. The summed E-state index contributed by atoms with van der Waals surface area (Å²) in [4.78, 5) is 24.2. The van der Waals surface area contributed by atoms with Crippen LogP contribution in [-0.4, -0.2) is 54.0 Å². The molecule has 0 aliphatic carbocycles. The first-order valence-corrected chi connectivity index (χ1v) is 12.3. The van der Waals surface area contributed by atoms with Gasteiger partial charge in [-0.1, -0.05) is 24.3 Å². The number of sulfonamides is 1. The average Bonchev–Trinajstić information content (AvgIpc) is 3.24. The van der Waals surface area contributed by atoms with Crippen LogP contribution >= 0.6 is 0 Å². The largest absolute Gasteiger partial charge is 0.396 e. The monoisotopic (exact) mass is 457 g/mol. The number of anilines is 1. The number of hydrogen-bond acceptors (Lipinski definition) is 7. The van der Waals surface area contributed by atoms with Crippen molar-refractivity contribution >= 4 is 26.7 Å². The number of benzene rings is 1. The van der Waals surface area contributed by atoms with Gasteiger partial charge in [-0.15, -0.1) is 0 Å². The predicted octanol–water partition coefficient (Wildman–Crippen LogP) is 1.42. The molecule has 9 nitrogen and oxygen atoms in total. The van der Waals surface area contributed by atoms with E-state index in [1.54, 1.807) is 20.0 Å². The lowest BCUT2D eigenvalue weighted by Gasteiger charge is -2.20. The van der Waals surface area contributed by atoms with E-state index in [1.165, 1.54) is 10.9 Å². The SMILES string of the molecule is C[C@H](NS(C)(=O)=O)c1ccc(-c2cc3ncn(C)c(=O)c3c(N3CC[C@H](CO)C3)n2)cc1. The van der Waals surface area contributed by atoms with Gasteiger partial charge in [-0.2, -0.15) is 0 Å². The highest BCUT2D eigenvalue weighted by atomic mass is 32.2. The molecule has 0 bridgehead atoms. The first-order chi connectivity index (χ1) is 15.2. The van der Waals surface area contributed by atoms with E-state index in [0.29, 0.717) is 35.5 Å². The Morgan fingerprint density at radius 2 is 2.00 bits per heavy atom. The Balaban J connectivity index is 1.77. The van der Waals surface area contributed by atoms with Gasteiger partial charge in [0.2, 0.25) is 10.0 Å². The number of aliphatic hydroxyl groups excluding tert-OH is 1. The van der Waals surface area contributed by atoms with Crippen LogP contribution in [0, 0.1) is 5.92 Å². The third kappa shape index (κ3) is 4.52. The van der Waals surface area contributed by atoms with Gasteiger partial charge in [0.05, 0.1) is 23.8 Å². The quantitative estimate of drug-likeness (QED) is 0.575. The predicted molar refractivity (Wildman–Crippen MR) is 124 cm³/mol. The summed E-state index contributed by atoms with van der Waals surface area (Å²) in [6, 6.07) is 8.93. The van der Waals surface area contributed by atoms with Crippen LogP contribution in [0.15, 0.2) is 41.5 Å². The van der Waals surface area contributed by atoms with E-state index >= 15 is 0 Å². The molecule has 10 heteroatoms. The molecule has 1 aliphatic rings. The van der Waals surface area contributed by atoms with E-state index in [0.717, 1.165) is 23.8 Å². The number of rotatable bonds is 6. The zero-order valence-corrected chi connectivity index (χ0v) is 19.1. The summed E-state index contributed by atoms with van der Waals surface area (Å²) in [6.07, 6.45) is 3.47. The Morgan fingerprint density at radius 1 is 1.28 bits per heavy atom. The lowest BCUT2D eigenvalue weighted by Crippen LogP contribution is -2.26.